The first-order chi connectivity index (χ1) is 9.03. The summed E-state index contributed by atoms with van der Waals surface area (Å²) >= 11 is 0. The lowest BCUT2D eigenvalue weighted by Gasteiger charge is -2.49. The van der Waals surface area contributed by atoms with Crippen LogP contribution in [-0.4, -0.2) is 49.0 Å². The van der Waals surface area contributed by atoms with Crippen molar-refractivity contribution in [3.8, 4) is 0 Å². The predicted octanol–water partition coefficient (Wildman–Crippen LogP) is 2.05. The summed E-state index contributed by atoms with van der Waals surface area (Å²) in [5.74, 6) is 0.583. The summed E-state index contributed by atoms with van der Waals surface area (Å²) in [5.41, 5.74) is 7.26. The fourth-order valence-corrected chi connectivity index (χ4v) is 2.57. The topological polar surface area (TPSA) is 44.9 Å². The van der Waals surface area contributed by atoms with Crippen LogP contribution >= 0.6 is 0 Å². The van der Waals surface area contributed by atoms with Crippen LogP contribution in [0.25, 0.3) is 0 Å². The molecule has 1 aliphatic rings. The van der Waals surface area contributed by atoms with Gasteiger partial charge in [0.2, 0.25) is 0 Å². The van der Waals surface area contributed by atoms with E-state index in [2.05, 4.69) is 28.9 Å². The number of benzene rings is 1. The Hall–Kier alpha value is -1.55. The van der Waals surface area contributed by atoms with E-state index < -0.39 is 0 Å². The maximum atomic E-state index is 6.09. The van der Waals surface area contributed by atoms with Crippen molar-refractivity contribution in [3.05, 3.63) is 30.3 Å². The summed E-state index contributed by atoms with van der Waals surface area (Å²) in [4.78, 5) is 8.85. The molecule has 4 nitrogen and oxygen atoms in total. The number of guanidine groups is 1. The van der Waals surface area contributed by atoms with Gasteiger partial charge in [-0.3, -0.25) is 0 Å². The molecule has 2 rings (SSSR count). The Labute approximate surface area is 115 Å². The Morgan fingerprint density at radius 1 is 1.21 bits per heavy atom. The minimum absolute atomic E-state index is 0.269. The molecule has 1 aromatic rings. The fraction of sp³-hybridized carbons (Fsp3) is 0.533. The molecule has 1 fully saturated rings. The second-order valence-electron chi connectivity index (χ2n) is 5.63. The van der Waals surface area contributed by atoms with Gasteiger partial charge in [0.25, 0.3) is 0 Å². The summed E-state index contributed by atoms with van der Waals surface area (Å²) < 4.78 is 0. The van der Waals surface area contributed by atoms with Crippen LogP contribution in [0.2, 0.25) is 0 Å². The normalized spacial score (nSPS) is 18.2. The molecular formula is C15H24N4. The van der Waals surface area contributed by atoms with Crippen LogP contribution in [-0.2, 0) is 0 Å². The van der Waals surface area contributed by atoms with Crippen LogP contribution in [0, 0.1) is 0 Å². The number of likely N-dealkylation sites (N-methyl/N-ethyl adjacent to an activating group) is 2. The van der Waals surface area contributed by atoms with Gasteiger partial charge in [-0.15, -0.1) is 0 Å². The average Bonchev–Trinajstić information content (AvgIpc) is 2.34. The van der Waals surface area contributed by atoms with Crippen LogP contribution in [0.3, 0.4) is 0 Å². The zero-order chi connectivity index (χ0) is 13.9. The molecule has 0 aromatic heterocycles. The minimum atomic E-state index is 0.269. The average molecular weight is 260 g/mol. The molecule has 104 valence electrons. The van der Waals surface area contributed by atoms with Crippen molar-refractivity contribution < 1.29 is 0 Å². The van der Waals surface area contributed by atoms with Crippen molar-refractivity contribution in [3.63, 3.8) is 0 Å². The third-order valence-electron chi connectivity index (χ3n) is 4.16. The maximum absolute atomic E-state index is 6.09. The lowest BCUT2D eigenvalue weighted by atomic mass is 9.75. The minimum Gasteiger partial charge on any atom is -0.369 e. The van der Waals surface area contributed by atoms with E-state index >= 15 is 0 Å². The van der Waals surface area contributed by atoms with Gasteiger partial charge in [0.1, 0.15) is 0 Å². The van der Waals surface area contributed by atoms with Gasteiger partial charge < -0.3 is 15.5 Å². The summed E-state index contributed by atoms with van der Waals surface area (Å²) in [6.45, 7) is 0.933. The van der Waals surface area contributed by atoms with Gasteiger partial charge in [0, 0.05) is 19.1 Å². The SMILES string of the molecule is CN(CC1(N(C)C)CCC1)C(N)=Nc1ccccc1. The van der Waals surface area contributed by atoms with Crippen LogP contribution in [0.1, 0.15) is 19.3 Å². The molecule has 2 N–H and O–H groups in total. The van der Waals surface area contributed by atoms with Crippen molar-refractivity contribution in [2.75, 3.05) is 27.7 Å². The van der Waals surface area contributed by atoms with E-state index in [0.29, 0.717) is 5.96 Å². The quantitative estimate of drug-likeness (QED) is 0.665. The second-order valence-corrected chi connectivity index (χ2v) is 5.63. The van der Waals surface area contributed by atoms with E-state index in [1.54, 1.807) is 0 Å². The van der Waals surface area contributed by atoms with Crippen molar-refractivity contribution in [2.24, 2.45) is 10.7 Å². The van der Waals surface area contributed by atoms with Crippen molar-refractivity contribution in [1.29, 1.82) is 0 Å². The molecule has 19 heavy (non-hydrogen) atoms. The third kappa shape index (κ3) is 3.07. The molecule has 0 atom stereocenters. The van der Waals surface area contributed by atoms with E-state index in [0.717, 1.165) is 12.2 Å². The van der Waals surface area contributed by atoms with Gasteiger partial charge in [0.15, 0.2) is 5.96 Å². The molecule has 0 radical (unpaired) electrons. The zero-order valence-electron chi connectivity index (χ0n) is 12.1. The van der Waals surface area contributed by atoms with Gasteiger partial charge in [-0.05, 0) is 45.5 Å². The van der Waals surface area contributed by atoms with E-state index in [4.69, 9.17) is 5.73 Å². The predicted molar refractivity (Wildman–Crippen MR) is 80.6 cm³/mol. The monoisotopic (exact) mass is 260 g/mol. The number of nitrogens with zero attached hydrogens (tertiary/aromatic N) is 3. The number of nitrogens with two attached hydrogens (primary N) is 1. The van der Waals surface area contributed by atoms with Crippen molar-refractivity contribution in [1.82, 2.24) is 9.80 Å². The summed E-state index contributed by atoms with van der Waals surface area (Å²) in [7, 11) is 6.32. The molecule has 0 spiro atoms. The zero-order valence-corrected chi connectivity index (χ0v) is 12.1. The molecule has 0 unspecified atom stereocenters. The van der Waals surface area contributed by atoms with Crippen LogP contribution in [0.5, 0.6) is 0 Å². The number of rotatable bonds is 4. The molecule has 0 amide bonds. The Balaban J connectivity index is 2.03. The number of hydrogen-bond acceptors (Lipinski definition) is 2. The highest BCUT2D eigenvalue weighted by Gasteiger charge is 2.40. The van der Waals surface area contributed by atoms with Gasteiger partial charge >= 0.3 is 0 Å². The number of hydrogen-bond donors (Lipinski definition) is 1. The van der Waals surface area contributed by atoms with Crippen LogP contribution in [0.4, 0.5) is 5.69 Å². The Morgan fingerprint density at radius 3 is 2.32 bits per heavy atom. The Kier molecular flexibility index (Phi) is 4.10. The molecule has 1 saturated carbocycles. The fourth-order valence-electron chi connectivity index (χ4n) is 2.57. The molecule has 1 aliphatic carbocycles. The molecule has 4 heteroatoms. The van der Waals surface area contributed by atoms with E-state index in [1.807, 2.05) is 37.4 Å². The maximum Gasteiger partial charge on any atom is 0.196 e. The lowest BCUT2D eigenvalue weighted by molar-refractivity contribution is 0.0428. The van der Waals surface area contributed by atoms with E-state index in [1.165, 1.54) is 19.3 Å². The molecule has 0 saturated heterocycles. The molecule has 0 heterocycles. The Bertz CT molecular complexity index is 435. The van der Waals surface area contributed by atoms with Gasteiger partial charge in [-0.25, -0.2) is 4.99 Å². The van der Waals surface area contributed by atoms with Gasteiger partial charge in [-0.1, -0.05) is 18.2 Å². The van der Waals surface area contributed by atoms with Gasteiger partial charge in [-0.2, -0.15) is 0 Å². The molecule has 0 bridgehead atoms. The highest BCUT2D eigenvalue weighted by atomic mass is 15.3. The van der Waals surface area contributed by atoms with Crippen molar-refractivity contribution in [2.45, 2.75) is 24.8 Å². The highest BCUT2D eigenvalue weighted by molar-refractivity contribution is 5.80. The van der Waals surface area contributed by atoms with E-state index in [-0.39, 0.29) is 5.54 Å². The first-order valence-electron chi connectivity index (χ1n) is 6.81. The molecular weight excluding hydrogens is 236 g/mol. The first kappa shape index (κ1) is 13.9. The smallest absolute Gasteiger partial charge is 0.196 e. The first-order valence-corrected chi connectivity index (χ1v) is 6.81. The number of para-hydroxylation sites is 1. The third-order valence-corrected chi connectivity index (χ3v) is 4.16. The summed E-state index contributed by atoms with van der Waals surface area (Å²) in [6, 6.07) is 9.85. The lowest BCUT2D eigenvalue weighted by Crippen LogP contribution is -2.58. The standard InChI is InChI=1S/C15H24N4/c1-18(2)15(10-7-11-15)12-19(3)14(16)17-13-8-5-4-6-9-13/h4-6,8-9H,7,10-12H2,1-3H3,(H2,16,17). The molecule has 1 aromatic carbocycles. The number of aliphatic imine (C=N–C) groups is 1. The Morgan fingerprint density at radius 2 is 1.84 bits per heavy atom. The summed E-state index contributed by atoms with van der Waals surface area (Å²) in [6.07, 6.45) is 3.79. The second kappa shape index (κ2) is 5.61. The summed E-state index contributed by atoms with van der Waals surface area (Å²) in [5, 5.41) is 0. The highest BCUT2D eigenvalue weighted by Crippen LogP contribution is 2.36. The van der Waals surface area contributed by atoms with Crippen LogP contribution < -0.4 is 5.73 Å². The molecule has 0 aliphatic heterocycles. The van der Waals surface area contributed by atoms with Gasteiger partial charge in [0.05, 0.1) is 5.69 Å². The van der Waals surface area contributed by atoms with Crippen molar-refractivity contribution >= 4 is 11.6 Å². The van der Waals surface area contributed by atoms with E-state index in [9.17, 15) is 0 Å². The largest absolute Gasteiger partial charge is 0.369 e. The van der Waals surface area contributed by atoms with Crippen LogP contribution in [0.15, 0.2) is 35.3 Å².